The molecule has 2 bridgehead atoms. The number of halogens is 3. The zero-order valence-corrected chi connectivity index (χ0v) is 13.7. The zero-order valence-electron chi connectivity index (χ0n) is 13.7. The minimum atomic E-state index is -4.39. The molecule has 2 aromatic carbocycles. The summed E-state index contributed by atoms with van der Waals surface area (Å²) >= 11 is 0. The highest BCUT2D eigenvalue weighted by atomic mass is 19.4. The Labute approximate surface area is 145 Å². The minimum absolute atomic E-state index is 0.0686. The van der Waals surface area contributed by atoms with E-state index in [1.165, 1.54) is 12.1 Å². The first-order valence-electron chi connectivity index (χ1n) is 8.68. The zero-order chi connectivity index (χ0) is 17.4. The lowest BCUT2D eigenvalue weighted by Gasteiger charge is -2.29. The Hall–Kier alpha value is -2.01. The summed E-state index contributed by atoms with van der Waals surface area (Å²) in [6, 6.07) is 13.7. The summed E-state index contributed by atoms with van der Waals surface area (Å²) in [4.78, 5) is 0. The Balaban J connectivity index is 1.63. The van der Waals surface area contributed by atoms with Crippen molar-refractivity contribution in [2.75, 3.05) is 0 Å². The molecular formula is C20H20F3NO. The number of benzene rings is 2. The number of hydrogen-bond acceptors (Lipinski definition) is 2. The number of piperidine rings is 1. The molecule has 2 saturated heterocycles. The van der Waals surface area contributed by atoms with Crippen LogP contribution in [0.3, 0.4) is 0 Å². The molecule has 5 heteroatoms. The molecule has 132 valence electrons. The molecule has 0 saturated carbocycles. The predicted molar refractivity (Wildman–Crippen MR) is 90.5 cm³/mol. The van der Waals surface area contributed by atoms with Gasteiger partial charge in [0.2, 0.25) is 0 Å². The minimum Gasteiger partial charge on any atom is -0.490 e. The van der Waals surface area contributed by atoms with Crippen molar-refractivity contribution in [3.63, 3.8) is 0 Å². The van der Waals surface area contributed by atoms with Crippen LogP contribution < -0.4 is 10.1 Å². The lowest BCUT2D eigenvalue weighted by molar-refractivity contribution is -0.137. The molecule has 1 N–H and O–H groups in total. The number of fused-ring (bicyclic) bond motifs is 2. The van der Waals surface area contributed by atoms with Crippen molar-refractivity contribution < 1.29 is 17.9 Å². The van der Waals surface area contributed by atoms with Gasteiger partial charge in [0.25, 0.3) is 0 Å². The standard InChI is InChI=1S/C20H20F3NO/c21-20(22,23)19-9-8-16(12-18(19)13-4-2-1-3-5-13)25-17-10-14-6-7-15(11-17)24-14/h1-5,8-9,12,14-15,17,24H,6-7,10-11H2/t14-,15+,17?. The highest BCUT2D eigenvalue weighted by Gasteiger charge is 2.36. The average molecular weight is 347 g/mol. The van der Waals surface area contributed by atoms with Crippen LogP contribution in [0.4, 0.5) is 13.2 Å². The van der Waals surface area contributed by atoms with Gasteiger partial charge < -0.3 is 10.1 Å². The lowest BCUT2D eigenvalue weighted by Crippen LogP contribution is -2.42. The monoisotopic (exact) mass is 347 g/mol. The summed E-state index contributed by atoms with van der Waals surface area (Å²) in [6.07, 6.45) is -0.174. The van der Waals surface area contributed by atoms with Crippen molar-refractivity contribution in [1.29, 1.82) is 0 Å². The fourth-order valence-corrected chi connectivity index (χ4v) is 3.99. The molecular weight excluding hydrogens is 327 g/mol. The van der Waals surface area contributed by atoms with E-state index in [9.17, 15) is 13.2 Å². The van der Waals surface area contributed by atoms with Crippen LogP contribution in [-0.4, -0.2) is 18.2 Å². The predicted octanol–water partition coefficient (Wildman–Crippen LogP) is 5.03. The van der Waals surface area contributed by atoms with Crippen molar-refractivity contribution in [3.8, 4) is 16.9 Å². The van der Waals surface area contributed by atoms with Gasteiger partial charge in [-0.3, -0.25) is 0 Å². The molecule has 0 spiro atoms. The molecule has 2 heterocycles. The van der Waals surface area contributed by atoms with E-state index in [1.54, 1.807) is 30.3 Å². The van der Waals surface area contributed by atoms with Gasteiger partial charge in [-0.1, -0.05) is 30.3 Å². The molecule has 3 atom stereocenters. The van der Waals surface area contributed by atoms with E-state index in [2.05, 4.69) is 5.32 Å². The fraction of sp³-hybridized carbons (Fsp3) is 0.400. The number of hydrogen-bond donors (Lipinski definition) is 1. The van der Waals surface area contributed by atoms with Crippen LogP contribution in [0.25, 0.3) is 11.1 Å². The van der Waals surface area contributed by atoms with Gasteiger partial charge in [-0.05, 0) is 55.0 Å². The third kappa shape index (κ3) is 3.52. The van der Waals surface area contributed by atoms with E-state index < -0.39 is 11.7 Å². The Morgan fingerprint density at radius 1 is 0.920 bits per heavy atom. The molecule has 2 aromatic rings. The van der Waals surface area contributed by atoms with E-state index in [4.69, 9.17) is 4.74 Å². The second kappa shape index (κ2) is 6.37. The van der Waals surface area contributed by atoms with E-state index >= 15 is 0 Å². The molecule has 0 amide bonds. The second-order valence-corrected chi connectivity index (χ2v) is 6.92. The normalized spacial score (nSPS) is 25.8. The number of ether oxygens (including phenoxy) is 1. The van der Waals surface area contributed by atoms with Crippen LogP contribution in [0.1, 0.15) is 31.2 Å². The highest BCUT2D eigenvalue weighted by Crippen LogP contribution is 2.39. The Morgan fingerprint density at radius 3 is 2.24 bits per heavy atom. The third-order valence-corrected chi connectivity index (χ3v) is 5.11. The van der Waals surface area contributed by atoms with E-state index in [1.807, 2.05) is 0 Å². The van der Waals surface area contributed by atoms with Gasteiger partial charge in [-0.25, -0.2) is 0 Å². The van der Waals surface area contributed by atoms with Crippen molar-refractivity contribution in [2.24, 2.45) is 0 Å². The highest BCUT2D eigenvalue weighted by molar-refractivity contribution is 5.69. The van der Waals surface area contributed by atoms with Gasteiger partial charge in [-0.15, -0.1) is 0 Å². The fourth-order valence-electron chi connectivity index (χ4n) is 3.99. The van der Waals surface area contributed by atoms with Crippen molar-refractivity contribution in [2.45, 2.75) is 50.0 Å². The number of rotatable bonds is 3. The summed E-state index contributed by atoms with van der Waals surface area (Å²) in [6.45, 7) is 0. The molecule has 2 nitrogen and oxygen atoms in total. The molecule has 2 fully saturated rings. The maximum absolute atomic E-state index is 13.4. The Morgan fingerprint density at radius 2 is 1.60 bits per heavy atom. The van der Waals surface area contributed by atoms with E-state index in [-0.39, 0.29) is 11.7 Å². The van der Waals surface area contributed by atoms with Crippen LogP contribution in [-0.2, 0) is 6.18 Å². The first-order chi connectivity index (χ1) is 12.0. The number of alkyl halides is 3. The van der Waals surface area contributed by atoms with Gasteiger partial charge in [0, 0.05) is 12.1 Å². The molecule has 0 aliphatic carbocycles. The third-order valence-electron chi connectivity index (χ3n) is 5.11. The van der Waals surface area contributed by atoms with E-state index in [0.29, 0.717) is 23.4 Å². The average Bonchev–Trinajstić information content (AvgIpc) is 2.93. The molecule has 25 heavy (non-hydrogen) atoms. The lowest BCUT2D eigenvalue weighted by atomic mass is 9.98. The van der Waals surface area contributed by atoms with Crippen LogP contribution in [0, 0.1) is 0 Å². The van der Waals surface area contributed by atoms with Gasteiger partial charge >= 0.3 is 6.18 Å². The van der Waals surface area contributed by atoms with Crippen LogP contribution in [0.2, 0.25) is 0 Å². The Bertz CT molecular complexity index is 732. The molecule has 2 aliphatic rings. The van der Waals surface area contributed by atoms with Crippen LogP contribution in [0.5, 0.6) is 5.75 Å². The molecule has 2 aliphatic heterocycles. The van der Waals surface area contributed by atoms with Gasteiger partial charge in [0.15, 0.2) is 0 Å². The summed E-state index contributed by atoms with van der Waals surface area (Å²) in [5, 5.41) is 3.54. The van der Waals surface area contributed by atoms with Crippen LogP contribution >= 0.6 is 0 Å². The van der Waals surface area contributed by atoms with Crippen LogP contribution in [0.15, 0.2) is 48.5 Å². The van der Waals surface area contributed by atoms with Gasteiger partial charge in [-0.2, -0.15) is 13.2 Å². The smallest absolute Gasteiger partial charge is 0.417 e. The van der Waals surface area contributed by atoms with Crippen molar-refractivity contribution in [1.82, 2.24) is 5.32 Å². The topological polar surface area (TPSA) is 21.3 Å². The summed E-state index contributed by atoms with van der Waals surface area (Å²) in [7, 11) is 0. The summed E-state index contributed by atoms with van der Waals surface area (Å²) < 4.78 is 46.2. The first kappa shape index (κ1) is 16.5. The number of nitrogens with one attached hydrogen (secondary N) is 1. The quantitative estimate of drug-likeness (QED) is 0.840. The van der Waals surface area contributed by atoms with E-state index in [0.717, 1.165) is 31.7 Å². The molecule has 1 unspecified atom stereocenters. The Kier molecular flexibility index (Phi) is 4.20. The maximum Gasteiger partial charge on any atom is 0.417 e. The van der Waals surface area contributed by atoms with Crippen molar-refractivity contribution in [3.05, 3.63) is 54.1 Å². The summed E-state index contributed by atoms with van der Waals surface area (Å²) in [5.74, 6) is 0.512. The molecule has 0 radical (unpaired) electrons. The molecule has 4 rings (SSSR count). The first-order valence-corrected chi connectivity index (χ1v) is 8.68. The SMILES string of the molecule is FC(F)(F)c1ccc(OC2C[C@H]3CC[C@@H](C2)N3)cc1-c1ccccc1. The van der Waals surface area contributed by atoms with Gasteiger partial charge in [0.1, 0.15) is 11.9 Å². The van der Waals surface area contributed by atoms with Gasteiger partial charge in [0.05, 0.1) is 5.56 Å². The summed E-state index contributed by atoms with van der Waals surface area (Å²) in [5.41, 5.74) is 0.0876. The second-order valence-electron chi connectivity index (χ2n) is 6.92. The largest absolute Gasteiger partial charge is 0.490 e. The maximum atomic E-state index is 13.4. The molecule has 0 aromatic heterocycles. The van der Waals surface area contributed by atoms with Crippen molar-refractivity contribution >= 4 is 0 Å².